The van der Waals surface area contributed by atoms with Crippen LogP contribution in [0.2, 0.25) is 0 Å². The van der Waals surface area contributed by atoms with Crippen molar-refractivity contribution < 1.29 is 4.57 Å². The molecule has 0 N–H and O–H groups in total. The Labute approximate surface area is 75.1 Å². The maximum atomic E-state index is 11.2. The third kappa shape index (κ3) is 0.923. The summed E-state index contributed by atoms with van der Waals surface area (Å²) in [4.78, 5) is 0. The van der Waals surface area contributed by atoms with Gasteiger partial charge in [-0.2, -0.15) is 0 Å². The van der Waals surface area contributed by atoms with Crippen LogP contribution in [0.15, 0.2) is 0 Å². The molecule has 4 rings (SSSR count). The fraction of sp³-hybridized carbons (Fsp3) is 1.00. The molecule has 0 amide bonds. The molecule has 4 bridgehead atoms. The van der Waals surface area contributed by atoms with E-state index in [-0.39, 0.29) is 5.16 Å². The molecule has 0 aromatic rings. The lowest BCUT2D eigenvalue weighted by molar-refractivity contribution is 0.0358. The minimum Gasteiger partial charge on any atom is -0.274 e. The van der Waals surface area contributed by atoms with E-state index in [9.17, 15) is 4.57 Å². The predicted molar refractivity (Wildman–Crippen MR) is 48.5 cm³/mol. The Balaban J connectivity index is 1.95. The second kappa shape index (κ2) is 2.32. The molecule has 4 aliphatic carbocycles. The zero-order valence-electron chi connectivity index (χ0n) is 7.33. The second-order valence-electron chi connectivity index (χ2n) is 5.23. The van der Waals surface area contributed by atoms with Crippen molar-refractivity contribution >= 4 is 8.46 Å². The van der Waals surface area contributed by atoms with Crippen LogP contribution < -0.4 is 0 Å². The first-order chi connectivity index (χ1) is 5.80. The Morgan fingerprint density at radius 3 is 1.67 bits per heavy atom. The second-order valence-corrected chi connectivity index (χ2v) is 6.36. The van der Waals surface area contributed by atoms with Gasteiger partial charge in [0.05, 0.1) is 5.16 Å². The van der Waals surface area contributed by atoms with Crippen molar-refractivity contribution in [3.63, 3.8) is 0 Å². The van der Waals surface area contributed by atoms with E-state index in [1.807, 2.05) is 0 Å². The molecule has 0 aromatic carbocycles. The molecule has 0 aromatic heterocycles. The quantitative estimate of drug-likeness (QED) is 0.569. The van der Waals surface area contributed by atoms with E-state index in [2.05, 4.69) is 0 Å². The normalized spacial score (nSPS) is 56.5. The minimum atomic E-state index is 0.259. The topological polar surface area (TPSA) is 17.1 Å². The molecule has 66 valence electrons. The zero-order chi connectivity index (χ0) is 8.18. The minimum absolute atomic E-state index is 0.259. The van der Waals surface area contributed by atoms with Crippen LogP contribution in [0, 0.1) is 17.8 Å². The van der Waals surface area contributed by atoms with Crippen LogP contribution in [-0.4, -0.2) is 5.16 Å². The summed E-state index contributed by atoms with van der Waals surface area (Å²) in [6.45, 7) is 0. The molecule has 0 aliphatic heterocycles. The summed E-state index contributed by atoms with van der Waals surface area (Å²) < 4.78 is 11.2. The van der Waals surface area contributed by atoms with Crippen molar-refractivity contribution in [3.8, 4) is 0 Å². The molecule has 0 spiro atoms. The van der Waals surface area contributed by atoms with Crippen LogP contribution >= 0.6 is 8.46 Å². The largest absolute Gasteiger partial charge is 0.274 e. The van der Waals surface area contributed by atoms with E-state index in [4.69, 9.17) is 0 Å². The summed E-state index contributed by atoms with van der Waals surface area (Å²) in [6.07, 6.45) is 8.16. The Kier molecular flexibility index (Phi) is 1.45. The summed E-state index contributed by atoms with van der Waals surface area (Å²) in [7, 11) is 0.457. The van der Waals surface area contributed by atoms with Gasteiger partial charge in [-0.05, 0) is 56.3 Å². The first-order valence-corrected chi connectivity index (χ1v) is 5.95. The van der Waals surface area contributed by atoms with Gasteiger partial charge >= 0.3 is 0 Å². The van der Waals surface area contributed by atoms with Crippen LogP contribution in [-0.2, 0) is 4.57 Å². The lowest BCUT2D eigenvalue weighted by Gasteiger charge is -2.53. The highest BCUT2D eigenvalue weighted by Gasteiger charge is 2.51. The van der Waals surface area contributed by atoms with Gasteiger partial charge in [0.1, 0.15) is 0 Å². The smallest absolute Gasteiger partial charge is 0.162 e. The molecular formula is C10H15OP. The van der Waals surface area contributed by atoms with Gasteiger partial charge in [-0.1, -0.05) is 0 Å². The molecule has 1 nitrogen and oxygen atoms in total. The molecule has 0 atom stereocenters. The van der Waals surface area contributed by atoms with Crippen LogP contribution in [0.4, 0.5) is 0 Å². The van der Waals surface area contributed by atoms with Crippen molar-refractivity contribution in [2.75, 3.05) is 0 Å². The maximum Gasteiger partial charge on any atom is 0.162 e. The molecule has 12 heavy (non-hydrogen) atoms. The Morgan fingerprint density at radius 2 is 1.33 bits per heavy atom. The van der Waals surface area contributed by atoms with Gasteiger partial charge < -0.3 is 0 Å². The van der Waals surface area contributed by atoms with Gasteiger partial charge in [0, 0.05) is 0 Å². The molecular weight excluding hydrogens is 167 g/mol. The third-order valence-corrected chi connectivity index (χ3v) is 5.13. The van der Waals surface area contributed by atoms with Gasteiger partial charge in [0.25, 0.3) is 0 Å². The summed E-state index contributed by atoms with van der Waals surface area (Å²) in [5.74, 6) is 2.83. The van der Waals surface area contributed by atoms with Gasteiger partial charge in [-0.25, -0.2) is 0 Å². The van der Waals surface area contributed by atoms with Crippen LogP contribution in [0.5, 0.6) is 0 Å². The molecule has 4 saturated carbocycles. The maximum absolute atomic E-state index is 11.2. The summed E-state index contributed by atoms with van der Waals surface area (Å²) in [6, 6.07) is 0. The lowest BCUT2D eigenvalue weighted by Crippen LogP contribution is -2.47. The van der Waals surface area contributed by atoms with E-state index < -0.39 is 0 Å². The van der Waals surface area contributed by atoms with Crippen LogP contribution in [0.25, 0.3) is 0 Å². The highest BCUT2D eigenvalue weighted by molar-refractivity contribution is 7.26. The van der Waals surface area contributed by atoms with Gasteiger partial charge in [0.15, 0.2) is 8.46 Å². The molecule has 0 radical (unpaired) electrons. The van der Waals surface area contributed by atoms with Crippen LogP contribution in [0.3, 0.4) is 0 Å². The number of hydrogen-bond donors (Lipinski definition) is 0. The van der Waals surface area contributed by atoms with Gasteiger partial charge in [-0.15, -0.1) is 0 Å². The molecule has 4 aliphatic rings. The summed E-state index contributed by atoms with van der Waals surface area (Å²) in [5, 5.41) is 0.259. The van der Waals surface area contributed by atoms with E-state index in [0.29, 0.717) is 8.46 Å². The third-order valence-electron chi connectivity index (χ3n) is 4.20. The van der Waals surface area contributed by atoms with Crippen LogP contribution in [0.1, 0.15) is 38.5 Å². The monoisotopic (exact) mass is 182 g/mol. The number of rotatable bonds is 1. The molecule has 0 heterocycles. The Hall–Kier alpha value is 0.100. The Bertz CT molecular complexity index is 189. The van der Waals surface area contributed by atoms with Crippen molar-refractivity contribution in [2.45, 2.75) is 43.7 Å². The zero-order valence-corrected chi connectivity index (χ0v) is 8.22. The van der Waals surface area contributed by atoms with Crippen molar-refractivity contribution in [3.05, 3.63) is 0 Å². The van der Waals surface area contributed by atoms with Gasteiger partial charge in [0.2, 0.25) is 0 Å². The SMILES string of the molecule is O=PC12CC3CC(CC(C3)C1)C2. The van der Waals surface area contributed by atoms with E-state index in [0.717, 1.165) is 17.8 Å². The molecule has 2 heteroatoms. The Morgan fingerprint density at radius 1 is 0.917 bits per heavy atom. The first-order valence-electron chi connectivity index (χ1n) is 5.14. The number of hydrogen-bond acceptors (Lipinski definition) is 1. The average Bonchev–Trinajstić information content (AvgIpc) is 2.02. The highest BCUT2D eigenvalue weighted by atomic mass is 31.1. The van der Waals surface area contributed by atoms with Crippen molar-refractivity contribution in [1.82, 2.24) is 0 Å². The predicted octanol–water partition coefficient (Wildman–Crippen LogP) is 3.25. The van der Waals surface area contributed by atoms with Gasteiger partial charge in [-0.3, -0.25) is 4.57 Å². The summed E-state index contributed by atoms with van der Waals surface area (Å²) in [5.41, 5.74) is 0. The first kappa shape index (κ1) is 7.50. The summed E-state index contributed by atoms with van der Waals surface area (Å²) >= 11 is 0. The highest BCUT2D eigenvalue weighted by Crippen LogP contribution is 2.60. The van der Waals surface area contributed by atoms with Crippen molar-refractivity contribution in [2.24, 2.45) is 17.8 Å². The van der Waals surface area contributed by atoms with E-state index in [1.54, 1.807) is 0 Å². The molecule has 4 fully saturated rings. The fourth-order valence-electron chi connectivity index (χ4n) is 4.18. The molecule has 0 unspecified atom stereocenters. The lowest BCUT2D eigenvalue weighted by atomic mass is 9.56. The standard InChI is InChI=1S/C10H15OP/c11-12-10-4-7-1-8(5-10)3-9(2-7)6-10/h7-9H,1-6H2. The van der Waals surface area contributed by atoms with Crippen molar-refractivity contribution in [1.29, 1.82) is 0 Å². The fourth-order valence-corrected chi connectivity index (χ4v) is 5.17. The van der Waals surface area contributed by atoms with E-state index in [1.165, 1.54) is 38.5 Å². The average molecular weight is 182 g/mol. The van der Waals surface area contributed by atoms with E-state index >= 15 is 0 Å². The molecule has 0 saturated heterocycles.